The van der Waals surface area contributed by atoms with E-state index in [-0.39, 0.29) is 0 Å². The van der Waals surface area contributed by atoms with Crippen LogP contribution in [0.1, 0.15) is 51.3 Å². The van der Waals surface area contributed by atoms with E-state index in [1.165, 1.54) is 30.6 Å². The molecule has 0 saturated carbocycles. The summed E-state index contributed by atoms with van der Waals surface area (Å²) >= 11 is 0. The maximum Gasteiger partial charge on any atom is 0.131 e. The van der Waals surface area contributed by atoms with Crippen molar-refractivity contribution in [2.75, 3.05) is 11.4 Å². The summed E-state index contributed by atoms with van der Waals surface area (Å²) in [5, 5.41) is 8.16. The molecule has 108 valence electrons. The Kier molecular flexibility index (Phi) is 4.50. The molecule has 1 unspecified atom stereocenters. The normalized spacial score (nSPS) is 20.3. The van der Waals surface area contributed by atoms with Crippen LogP contribution in [0.5, 0.6) is 0 Å². The van der Waals surface area contributed by atoms with E-state index in [9.17, 15) is 0 Å². The number of nitrogens with zero attached hydrogens (tertiary/aromatic N) is 3. The smallest absolute Gasteiger partial charge is 0.131 e. The van der Waals surface area contributed by atoms with Crippen molar-refractivity contribution in [3.63, 3.8) is 0 Å². The number of rotatable bonds is 4. The molecular weight excluding hydrogens is 236 g/mol. The Balaban J connectivity index is 2.27. The number of anilines is 1. The Hall–Kier alpha value is -1.03. The van der Waals surface area contributed by atoms with Crippen LogP contribution in [0, 0.1) is 6.92 Å². The fourth-order valence-corrected chi connectivity index (χ4v) is 2.98. The summed E-state index contributed by atoms with van der Waals surface area (Å²) in [6.45, 7) is 10.9. The topological polar surface area (TPSA) is 33.1 Å². The van der Waals surface area contributed by atoms with E-state index in [2.05, 4.69) is 54.7 Å². The highest BCUT2D eigenvalue weighted by molar-refractivity contribution is 5.51. The first-order valence-electron chi connectivity index (χ1n) is 7.53. The van der Waals surface area contributed by atoms with Gasteiger partial charge in [-0.3, -0.25) is 4.68 Å². The molecule has 1 aromatic rings. The fourth-order valence-electron chi connectivity index (χ4n) is 2.98. The number of hydrogen-bond donors (Lipinski definition) is 1. The minimum Gasteiger partial charge on any atom is -0.354 e. The van der Waals surface area contributed by atoms with E-state index < -0.39 is 0 Å². The average molecular weight is 264 g/mol. The van der Waals surface area contributed by atoms with Crippen LogP contribution in [0.4, 0.5) is 5.82 Å². The average Bonchev–Trinajstić information content (AvgIpc) is 2.62. The summed E-state index contributed by atoms with van der Waals surface area (Å²) in [4.78, 5) is 2.54. The maximum absolute atomic E-state index is 4.63. The Labute approximate surface area is 117 Å². The van der Waals surface area contributed by atoms with Crippen LogP contribution in [0.15, 0.2) is 0 Å². The summed E-state index contributed by atoms with van der Waals surface area (Å²) in [6, 6.07) is 1.13. The lowest BCUT2D eigenvalue weighted by Gasteiger charge is -2.36. The molecule has 0 radical (unpaired) electrons. The Bertz CT molecular complexity index is 422. The van der Waals surface area contributed by atoms with Crippen molar-refractivity contribution in [3.05, 3.63) is 11.3 Å². The molecule has 4 nitrogen and oxygen atoms in total. The summed E-state index contributed by atoms with van der Waals surface area (Å²) in [7, 11) is 2.07. The third kappa shape index (κ3) is 3.11. The van der Waals surface area contributed by atoms with Crippen molar-refractivity contribution in [3.8, 4) is 0 Å². The summed E-state index contributed by atoms with van der Waals surface area (Å²) < 4.78 is 2.06. The Morgan fingerprint density at radius 2 is 2.11 bits per heavy atom. The van der Waals surface area contributed by atoms with E-state index in [1.54, 1.807) is 0 Å². The van der Waals surface area contributed by atoms with Gasteiger partial charge in [0.25, 0.3) is 0 Å². The van der Waals surface area contributed by atoms with Crippen LogP contribution in [0.25, 0.3) is 0 Å². The number of nitrogens with one attached hydrogen (secondary N) is 1. The molecule has 1 aliphatic heterocycles. The fraction of sp³-hybridized carbons (Fsp3) is 0.800. The van der Waals surface area contributed by atoms with Gasteiger partial charge >= 0.3 is 0 Å². The predicted octanol–water partition coefficient (Wildman–Crippen LogP) is 2.61. The first-order chi connectivity index (χ1) is 9.00. The third-order valence-electron chi connectivity index (χ3n) is 4.08. The summed E-state index contributed by atoms with van der Waals surface area (Å²) in [5.74, 6) is 1.32. The molecule has 0 spiro atoms. The van der Waals surface area contributed by atoms with Gasteiger partial charge in [0.05, 0.1) is 5.69 Å². The molecule has 1 fully saturated rings. The van der Waals surface area contributed by atoms with Crippen LogP contribution in [-0.2, 0) is 13.6 Å². The SMILES string of the molecule is Cc1nn(C)c(N2CCCCC2C)c1CNC(C)C. The zero-order valence-electron chi connectivity index (χ0n) is 13.0. The zero-order valence-corrected chi connectivity index (χ0v) is 13.0. The molecule has 1 aromatic heterocycles. The monoisotopic (exact) mass is 264 g/mol. The first-order valence-corrected chi connectivity index (χ1v) is 7.53. The van der Waals surface area contributed by atoms with Crippen molar-refractivity contribution >= 4 is 5.82 Å². The van der Waals surface area contributed by atoms with E-state index in [0.29, 0.717) is 12.1 Å². The van der Waals surface area contributed by atoms with E-state index in [1.807, 2.05) is 0 Å². The van der Waals surface area contributed by atoms with Gasteiger partial charge in [-0.05, 0) is 33.1 Å². The minimum absolute atomic E-state index is 0.506. The number of piperidine rings is 1. The van der Waals surface area contributed by atoms with E-state index in [0.717, 1.165) is 18.8 Å². The van der Waals surface area contributed by atoms with Gasteiger partial charge in [0, 0.05) is 37.8 Å². The number of hydrogen-bond acceptors (Lipinski definition) is 3. The predicted molar refractivity (Wildman–Crippen MR) is 80.6 cm³/mol. The second kappa shape index (κ2) is 5.95. The quantitative estimate of drug-likeness (QED) is 0.907. The van der Waals surface area contributed by atoms with Gasteiger partial charge in [0.1, 0.15) is 5.82 Å². The van der Waals surface area contributed by atoms with Gasteiger partial charge in [0.2, 0.25) is 0 Å². The van der Waals surface area contributed by atoms with Crippen LogP contribution < -0.4 is 10.2 Å². The lowest BCUT2D eigenvalue weighted by Crippen LogP contribution is -2.39. The number of aryl methyl sites for hydroxylation is 2. The van der Waals surface area contributed by atoms with Gasteiger partial charge in [-0.1, -0.05) is 13.8 Å². The molecule has 0 aliphatic carbocycles. The molecule has 0 amide bonds. The standard InChI is InChI=1S/C15H28N4/c1-11(2)16-10-14-13(4)17-18(5)15(14)19-9-7-6-8-12(19)3/h11-12,16H,6-10H2,1-5H3. The van der Waals surface area contributed by atoms with Gasteiger partial charge in [-0.15, -0.1) is 0 Å². The number of aromatic nitrogens is 2. The summed E-state index contributed by atoms with van der Waals surface area (Å²) in [6.07, 6.45) is 3.95. The van der Waals surface area contributed by atoms with Crippen molar-refractivity contribution in [2.24, 2.45) is 7.05 Å². The lowest BCUT2D eigenvalue weighted by molar-refractivity contribution is 0.471. The molecule has 2 heterocycles. The second-order valence-corrected chi connectivity index (χ2v) is 6.08. The Morgan fingerprint density at radius 1 is 1.37 bits per heavy atom. The van der Waals surface area contributed by atoms with E-state index in [4.69, 9.17) is 0 Å². The molecule has 1 aliphatic rings. The van der Waals surface area contributed by atoms with Crippen LogP contribution in [-0.4, -0.2) is 28.4 Å². The highest BCUT2D eigenvalue weighted by Crippen LogP contribution is 2.29. The van der Waals surface area contributed by atoms with Gasteiger partial charge in [0.15, 0.2) is 0 Å². The van der Waals surface area contributed by atoms with E-state index >= 15 is 0 Å². The van der Waals surface area contributed by atoms with Gasteiger partial charge in [-0.2, -0.15) is 5.10 Å². The second-order valence-electron chi connectivity index (χ2n) is 6.08. The molecule has 1 saturated heterocycles. The molecule has 2 rings (SSSR count). The molecule has 19 heavy (non-hydrogen) atoms. The molecule has 0 aromatic carbocycles. The van der Waals surface area contributed by atoms with Gasteiger partial charge < -0.3 is 10.2 Å². The molecule has 1 N–H and O–H groups in total. The summed E-state index contributed by atoms with van der Waals surface area (Å²) in [5.41, 5.74) is 2.52. The molecule has 1 atom stereocenters. The van der Waals surface area contributed by atoms with Crippen LogP contribution >= 0.6 is 0 Å². The molecular formula is C15H28N4. The van der Waals surface area contributed by atoms with Crippen molar-refractivity contribution in [1.29, 1.82) is 0 Å². The molecule has 4 heteroatoms. The largest absolute Gasteiger partial charge is 0.354 e. The van der Waals surface area contributed by atoms with Crippen molar-refractivity contribution < 1.29 is 0 Å². The highest BCUT2D eigenvalue weighted by atomic mass is 15.4. The highest BCUT2D eigenvalue weighted by Gasteiger charge is 2.25. The van der Waals surface area contributed by atoms with Crippen LogP contribution in [0.3, 0.4) is 0 Å². The van der Waals surface area contributed by atoms with Gasteiger partial charge in [-0.25, -0.2) is 0 Å². The zero-order chi connectivity index (χ0) is 14.0. The lowest BCUT2D eigenvalue weighted by atomic mass is 10.0. The van der Waals surface area contributed by atoms with Crippen LogP contribution in [0.2, 0.25) is 0 Å². The first kappa shape index (κ1) is 14.4. The molecule has 0 bridgehead atoms. The maximum atomic E-state index is 4.63. The minimum atomic E-state index is 0.506. The third-order valence-corrected chi connectivity index (χ3v) is 4.08. The van der Waals surface area contributed by atoms with Crippen molar-refractivity contribution in [2.45, 2.75) is 65.6 Å². The Morgan fingerprint density at radius 3 is 2.74 bits per heavy atom. The van der Waals surface area contributed by atoms with Crippen molar-refractivity contribution in [1.82, 2.24) is 15.1 Å².